The molecular weight excluding hydrogens is 222 g/mol. The zero-order valence-electron chi connectivity index (χ0n) is 9.23. The standard InChI is InChI=1S/C11H13N3OS/c1-8-10(16-7-14-8)6-13-11-4-3-9(15-2)5-12-11/h3-5,7H,6H2,1-2H3,(H,12,13). The van der Waals surface area contributed by atoms with Gasteiger partial charge in [0.15, 0.2) is 0 Å². The van der Waals surface area contributed by atoms with Crippen LogP contribution in [0.2, 0.25) is 0 Å². The molecule has 84 valence electrons. The SMILES string of the molecule is COc1ccc(NCc2scnc2C)nc1. The quantitative estimate of drug-likeness (QED) is 0.884. The van der Waals surface area contributed by atoms with Gasteiger partial charge in [-0.2, -0.15) is 0 Å². The number of ether oxygens (including phenoxy) is 1. The van der Waals surface area contributed by atoms with E-state index in [1.807, 2.05) is 24.6 Å². The summed E-state index contributed by atoms with van der Waals surface area (Å²) in [5, 5.41) is 3.24. The Kier molecular flexibility index (Phi) is 3.36. The minimum absolute atomic E-state index is 0.760. The summed E-state index contributed by atoms with van der Waals surface area (Å²) >= 11 is 1.65. The van der Waals surface area contributed by atoms with Crippen LogP contribution >= 0.6 is 11.3 Å². The van der Waals surface area contributed by atoms with Crippen molar-refractivity contribution in [3.8, 4) is 5.75 Å². The Morgan fingerprint density at radius 2 is 2.25 bits per heavy atom. The molecule has 4 nitrogen and oxygen atoms in total. The summed E-state index contributed by atoms with van der Waals surface area (Å²) in [7, 11) is 1.63. The molecule has 0 aromatic carbocycles. The van der Waals surface area contributed by atoms with E-state index >= 15 is 0 Å². The number of methoxy groups -OCH3 is 1. The zero-order chi connectivity index (χ0) is 11.4. The Labute approximate surface area is 98.3 Å². The van der Waals surface area contributed by atoms with Gasteiger partial charge in [0.25, 0.3) is 0 Å². The Morgan fingerprint density at radius 1 is 1.38 bits per heavy atom. The lowest BCUT2D eigenvalue weighted by Crippen LogP contribution is -2.00. The maximum atomic E-state index is 5.04. The van der Waals surface area contributed by atoms with Crippen LogP contribution < -0.4 is 10.1 Å². The maximum absolute atomic E-state index is 5.04. The predicted octanol–water partition coefficient (Wildman–Crippen LogP) is 2.47. The number of anilines is 1. The van der Waals surface area contributed by atoms with Crippen molar-refractivity contribution >= 4 is 17.2 Å². The number of pyridine rings is 1. The van der Waals surface area contributed by atoms with E-state index in [0.717, 1.165) is 23.8 Å². The Balaban J connectivity index is 1.97. The van der Waals surface area contributed by atoms with Gasteiger partial charge in [-0.15, -0.1) is 11.3 Å². The molecule has 2 aromatic rings. The Bertz CT molecular complexity index is 453. The Morgan fingerprint density at radius 3 is 2.81 bits per heavy atom. The average Bonchev–Trinajstić information content (AvgIpc) is 2.73. The molecule has 5 heteroatoms. The van der Waals surface area contributed by atoms with Crippen molar-refractivity contribution in [3.63, 3.8) is 0 Å². The molecule has 2 aromatic heterocycles. The molecule has 0 amide bonds. The second kappa shape index (κ2) is 4.94. The summed E-state index contributed by atoms with van der Waals surface area (Å²) in [4.78, 5) is 9.66. The van der Waals surface area contributed by atoms with Gasteiger partial charge in [0, 0.05) is 4.88 Å². The third-order valence-corrected chi connectivity index (χ3v) is 3.18. The van der Waals surface area contributed by atoms with E-state index in [9.17, 15) is 0 Å². The molecule has 2 heterocycles. The summed E-state index contributed by atoms with van der Waals surface area (Å²) < 4.78 is 5.04. The first-order valence-corrected chi connectivity index (χ1v) is 5.80. The van der Waals surface area contributed by atoms with Gasteiger partial charge in [-0.25, -0.2) is 9.97 Å². The molecule has 0 saturated carbocycles. The molecule has 0 fully saturated rings. The number of hydrogen-bond donors (Lipinski definition) is 1. The minimum atomic E-state index is 0.760. The van der Waals surface area contributed by atoms with Crippen LogP contribution in [0.4, 0.5) is 5.82 Å². The number of nitrogens with one attached hydrogen (secondary N) is 1. The average molecular weight is 235 g/mol. The van der Waals surface area contributed by atoms with Gasteiger partial charge in [0.1, 0.15) is 11.6 Å². The van der Waals surface area contributed by atoms with Gasteiger partial charge in [-0.3, -0.25) is 0 Å². The first-order valence-electron chi connectivity index (χ1n) is 4.92. The highest BCUT2D eigenvalue weighted by Crippen LogP contribution is 2.15. The van der Waals surface area contributed by atoms with Gasteiger partial charge in [-0.1, -0.05) is 0 Å². The van der Waals surface area contributed by atoms with E-state index in [0.29, 0.717) is 0 Å². The van der Waals surface area contributed by atoms with Crippen LogP contribution in [-0.4, -0.2) is 17.1 Å². The monoisotopic (exact) mass is 235 g/mol. The number of aryl methyl sites for hydroxylation is 1. The molecule has 0 saturated heterocycles. The van der Waals surface area contributed by atoms with E-state index < -0.39 is 0 Å². The van der Waals surface area contributed by atoms with Gasteiger partial charge in [0.05, 0.1) is 31.1 Å². The first-order chi connectivity index (χ1) is 7.79. The van der Waals surface area contributed by atoms with Gasteiger partial charge < -0.3 is 10.1 Å². The molecule has 0 aliphatic rings. The largest absolute Gasteiger partial charge is 0.495 e. The number of nitrogens with zero attached hydrogens (tertiary/aromatic N) is 2. The summed E-state index contributed by atoms with van der Waals surface area (Å²) in [5.41, 5.74) is 2.93. The highest BCUT2D eigenvalue weighted by Gasteiger charge is 2.01. The van der Waals surface area contributed by atoms with Crippen LogP contribution in [-0.2, 0) is 6.54 Å². The van der Waals surface area contributed by atoms with E-state index in [2.05, 4.69) is 15.3 Å². The van der Waals surface area contributed by atoms with Crippen LogP contribution in [0, 0.1) is 6.92 Å². The molecule has 0 aliphatic heterocycles. The lowest BCUT2D eigenvalue weighted by molar-refractivity contribution is 0.413. The van der Waals surface area contributed by atoms with Crippen molar-refractivity contribution in [2.75, 3.05) is 12.4 Å². The molecule has 16 heavy (non-hydrogen) atoms. The molecule has 0 bridgehead atoms. The number of aromatic nitrogens is 2. The van der Waals surface area contributed by atoms with Crippen LogP contribution in [0.25, 0.3) is 0 Å². The lowest BCUT2D eigenvalue weighted by Gasteiger charge is -2.05. The number of thiazole rings is 1. The maximum Gasteiger partial charge on any atom is 0.137 e. The van der Waals surface area contributed by atoms with E-state index in [1.165, 1.54) is 4.88 Å². The third-order valence-electron chi connectivity index (χ3n) is 2.25. The fourth-order valence-electron chi connectivity index (χ4n) is 1.27. The summed E-state index contributed by atoms with van der Waals surface area (Å²) in [6.07, 6.45) is 1.70. The second-order valence-corrected chi connectivity index (χ2v) is 4.24. The second-order valence-electron chi connectivity index (χ2n) is 3.30. The predicted molar refractivity (Wildman–Crippen MR) is 65.0 cm³/mol. The van der Waals surface area contributed by atoms with Crippen molar-refractivity contribution in [3.05, 3.63) is 34.4 Å². The van der Waals surface area contributed by atoms with Crippen molar-refractivity contribution in [1.82, 2.24) is 9.97 Å². The van der Waals surface area contributed by atoms with E-state index in [1.54, 1.807) is 24.6 Å². The highest BCUT2D eigenvalue weighted by atomic mass is 32.1. The Hall–Kier alpha value is -1.62. The number of hydrogen-bond acceptors (Lipinski definition) is 5. The van der Waals surface area contributed by atoms with Crippen molar-refractivity contribution in [2.24, 2.45) is 0 Å². The van der Waals surface area contributed by atoms with Crippen molar-refractivity contribution < 1.29 is 4.74 Å². The summed E-state index contributed by atoms with van der Waals surface area (Å²) in [5.74, 6) is 1.60. The normalized spacial score (nSPS) is 10.1. The molecule has 2 rings (SSSR count). The molecule has 0 radical (unpaired) electrons. The van der Waals surface area contributed by atoms with Gasteiger partial charge in [-0.05, 0) is 19.1 Å². The van der Waals surface area contributed by atoms with Gasteiger partial charge >= 0.3 is 0 Å². The first kappa shape index (κ1) is 10.9. The van der Waals surface area contributed by atoms with Crippen molar-refractivity contribution in [2.45, 2.75) is 13.5 Å². The van der Waals surface area contributed by atoms with Crippen LogP contribution in [0.5, 0.6) is 5.75 Å². The fourth-order valence-corrected chi connectivity index (χ4v) is 1.99. The third kappa shape index (κ3) is 2.49. The molecular formula is C11H13N3OS. The smallest absolute Gasteiger partial charge is 0.137 e. The lowest BCUT2D eigenvalue weighted by atomic mass is 10.4. The molecule has 0 aliphatic carbocycles. The minimum Gasteiger partial charge on any atom is -0.495 e. The zero-order valence-corrected chi connectivity index (χ0v) is 10.0. The summed E-state index contributed by atoms with van der Waals surface area (Å²) in [6.45, 7) is 2.77. The van der Waals surface area contributed by atoms with E-state index in [-0.39, 0.29) is 0 Å². The molecule has 1 N–H and O–H groups in total. The van der Waals surface area contributed by atoms with Crippen LogP contribution in [0.15, 0.2) is 23.8 Å². The highest BCUT2D eigenvalue weighted by molar-refractivity contribution is 7.09. The number of rotatable bonds is 4. The molecule has 0 unspecified atom stereocenters. The van der Waals surface area contributed by atoms with Crippen LogP contribution in [0.1, 0.15) is 10.6 Å². The van der Waals surface area contributed by atoms with E-state index in [4.69, 9.17) is 4.74 Å². The fraction of sp³-hybridized carbons (Fsp3) is 0.273. The topological polar surface area (TPSA) is 47.0 Å². The molecule has 0 atom stereocenters. The molecule has 0 spiro atoms. The van der Waals surface area contributed by atoms with Gasteiger partial charge in [0.2, 0.25) is 0 Å². The van der Waals surface area contributed by atoms with Crippen LogP contribution in [0.3, 0.4) is 0 Å². The summed E-state index contributed by atoms with van der Waals surface area (Å²) in [6, 6.07) is 3.78. The van der Waals surface area contributed by atoms with Crippen molar-refractivity contribution in [1.29, 1.82) is 0 Å².